The Hall–Kier alpha value is -3.34. The number of aromatic nitrogens is 1. The number of ketones is 2. The molecule has 2 amide bonds. The number of hydrogen-bond acceptors (Lipinski definition) is 7. The lowest BCUT2D eigenvalue weighted by Gasteiger charge is -2.37. The molecule has 1 saturated heterocycles. The summed E-state index contributed by atoms with van der Waals surface area (Å²) in [5, 5.41) is 17.1. The third kappa shape index (κ3) is 12.1. The summed E-state index contributed by atoms with van der Waals surface area (Å²) in [5.41, 5.74) is 1.98. The molecule has 53 heavy (non-hydrogen) atoms. The van der Waals surface area contributed by atoms with E-state index in [-0.39, 0.29) is 72.5 Å². The Morgan fingerprint density at radius 1 is 0.887 bits per heavy atom. The van der Waals surface area contributed by atoms with Crippen LogP contribution in [0.2, 0.25) is 0 Å². The molecule has 1 aromatic heterocycles. The highest BCUT2D eigenvalue weighted by molar-refractivity contribution is 5.89. The molecule has 0 spiro atoms. The third-order valence-corrected chi connectivity index (χ3v) is 11.8. The Kier molecular flexibility index (Phi) is 17.9. The quantitative estimate of drug-likeness (QED) is 0.105. The van der Waals surface area contributed by atoms with Crippen LogP contribution in [0.15, 0.2) is 48.7 Å². The van der Waals surface area contributed by atoms with E-state index in [4.69, 9.17) is 4.74 Å². The molecule has 10 nitrogen and oxygen atoms in total. The fourth-order valence-corrected chi connectivity index (χ4v) is 8.10. The zero-order chi connectivity index (χ0) is 39.2. The first-order chi connectivity index (χ1) is 25.3. The Bertz CT molecular complexity index is 1410. The predicted molar refractivity (Wildman–Crippen MR) is 210 cm³/mol. The topological polar surface area (TPSA) is 141 Å². The molecule has 10 heteroatoms. The molecule has 1 aliphatic heterocycles. The molecule has 1 aliphatic rings. The van der Waals surface area contributed by atoms with Crippen LogP contribution in [0, 0.1) is 35.5 Å². The van der Waals surface area contributed by atoms with Crippen molar-refractivity contribution < 1.29 is 29.0 Å². The average molecular weight is 737 g/mol. The molecule has 0 radical (unpaired) electrons. The minimum Gasteiger partial charge on any atom is -0.395 e. The van der Waals surface area contributed by atoms with Crippen molar-refractivity contribution in [2.24, 2.45) is 35.5 Å². The molecule has 296 valence electrons. The maximum absolute atomic E-state index is 14.2. The van der Waals surface area contributed by atoms with Gasteiger partial charge in [-0.3, -0.25) is 24.1 Å². The van der Waals surface area contributed by atoms with E-state index in [1.165, 1.54) is 0 Å². The van der Waals surface area contributed by atoms with Gasteiger partial charge in [0.15, 0.2) is 5.78 Å². The van der Waals surface area contributed by atoms with Crippen LogP contribution in [-0.2, 0) is 30.3 Å². The Morgan fingerprint density at radius 2 is 1.57 bits per heavy atom. The number of methoxy groups -OCH3 is 1. The minimum atomic E-state index is -0.592. The molecule has 1 aromatic carbocycles. The summed E-state index contributed by atoms with van der Waals surface area (Å²) in [5.74, 6) is -1.27. The zero-order valence-electron chi connectivity index (χ0n) is 33.8. The molecular weight excluding hydrogens is 668 g/mol. The van der Waals surface area contributed by atoms with E-state index >= 15 is 0 Å². The van der Waals surface area contributed by atoms with E-state index < -0.39 is 36.1 Å². The number of Topliss-reactive ketones (excluding diaryl/α,β-unsaturated/α-hetero) is 2. The highest BCUT2D eigenvalue weighted by atomic mass is 16.5. The third-order valence-electron chi connectivity index (χ3n) is 11.8. The second-order valence-electron chi connectivity index (χ2n) is 16.0. The van der Waals surface area contributed by atoms with Crippen molar-refractivity contribution >= 4 is 23.4 Å². The zero-order valence-corrected chi connectivity index (χ0v) is 33.8. The lowest BCUT2D eigenvalue weighted by Crippen LogP contribution is -2.54. The van der Waals surface area contributed by atoms with Crippen LogP contribution in [0.4, 0.5) is 0 Å². The van der Waals surface area contributed by atoms with Gasteiger partial charge >= 0.3 is 0 Å². The number of carbonyl (C=O) groups is 4. The van der Waals surface area contributed by atoms with Crippen molar-refractivity contribution in [1.29, 1.82) is 0 Å². The number of ether oxygens (including phenoxy) is 1. The van der Waals surface area contributed by atoms with Crippen molar-refractivity contribution in [3.05, 3.63) is 59.9 Å². The normalized spacial score (nSPS) is 19.6. The maximum Gasteiger partial charge on any atom is 0.225 e. The first kappa shape index (κ1) is 44.1. The number of aliphatic hydroxyl groups excluding tert-OH is 1. The van der Waals surface area contributed by atoms with Crippen LogP contribution in [0.3, 0.4) is 0 Å². The number of nitrogens with one attached hydrogen (secondary N) is 3. The number of H-pyrrole nitrogens is 1. The smallest absolute Gasteiger partial charge is 0.225 e. The Labute approximate surface area is 318 Å². The second kappa shape index (κ2) is 21.5. The van der Waals surface area contributed by atoms with E-state index in [0.717, 1.165) is 30.5 Å². The molecule has 3 rings (SSSR count). The largest absolute Gasteiger partial charge is 0.395 e. The van der Waals surface area contributed by atoms with Gasteiger partial charge in [-0.1, -0.05) is 92.1 Å². The number of aliphatic hydroxyl groups is 1. The summed E-state index contributed by atoms with van der Waals surface area (Å²) in [7, 11) is 1.57. The Balaban J connectivity index is 1.75. The highest BCUT2D eigenvalue weighted by Crippen LogP contribution is 2.29. The standard InChI is InChI=1S/C43H68N4O6/c1-10-29(7)41(46-43(52)33(28(5)6)24-38(49)32(11-2)27(3)4)40(53-9)25-39(50)36-20-16-22-47(36)37(26-48)30(8)42(51)45-35(34-19-15-21-44-34)23-31-17-13-12-14-18-31/h12-15,17-19,21,27-30,32-33,35-37,40-41,44,48H,10-11,16,20,22-26H2,1-9H3,(H,45,51)(H,46,52)/t29-,30-,32?,33?,35-,36?,37+,40+,41?/m0/s1. The summed E-state index contributed by atoms with van der Waals surface area (Å²) >= 11 is 0. The van der Waals surface area contributed by atoms with Gasteiger partial charge in [0, 0.05) is 49.7 Å². The summed E-state index contributed by atoms with van der Waals surface area (Å²) in [6, 6.07) is 12.1. The monoisotopic (exact) mass is 737 g/mol. The average Bonchev–Trinajstić information content (AvgIpc) is 3.85. The number of benzene rings is 1. The van der Waals surface area contributed by atoms with E-state index in [0.29, 0.717) is 19.4 Å². The van der Waals surface area contributed by atoms with Crippen LogP contribution < -0.4 is 10.6 Å². The number of rotatable bonds is 23. The van der Waals surface area contributed by atoms with Crippen molar-refractivity contribution in [2.45, 2.75) is 131 Å². The van der Waals surface area contributed by atoms with Crippen molar-refractivity contribution in [2.75, 3.05) is 20.3 Å². The van der Waals surface area contributed by atoms with Crippen LogP contribution in [0.1, 0.15) is 111 Å². The number of amides is 2. The number of hydrogen-bond donors (Lipinski definition) is 4. The highest BCUT2D eigenvalue weighted by Gasteiger charge is 2.42. The van der Waals surface area contributed by atoms with Crippen LogP contribution in [0.25, 0.3) is 0 Å². The lowest BCUT2D eigenvalue weighted by atomic mass is 9.81. The minimum absolute atomic E-state index is 0.0105. The van der Waals surface area contributed by atoms with Crippen LogP contribution >= 0.6 is 0 Å². The predicted octanol–water partition coefficient (Wildman–Crippen LogP) is 6.29. The van der Waals surface area contributed by atoms with E-state index in [2.05, 4.69) is 15.6 Å². The van der Waals surface area contributed by atoms with Crippen molar-refractivity contribution in [3.63, 3.8) is 0 Å². The van der Waals surface area contributed by atoms with Gasteiger partial charge in [0.25, 0.3) is 0 Å². The Morgan fingerprint density at radius 3 is 2.11 bits per heavy atom. The molecule has 0 saturated carbocycles. The first-order valence-electron chi connectivity index (χ1n) is 20.0. The molecular formula is C43H68N4O6. The van der Waals surface area contributed by atoms with E-state index in [1.54, 1.807) is 7.11 Å². The molecule has 0 bridgehead atoms. The van der Waals surface area contributed by atoms with E-state index in [1.807, 2.05) is 109 Å². The number of carbonyl (C=O) groups excluding carboxylic acids is 4. The van der Waals surface area contributed by atoms with Gasteiger partial charge in [0.1, 0.15) is 5.78 Å². The summed E-state index contributed by atoms with van der Waals surface area (Å²) in [6.07, 6.45) is 5.01. The molecule has 1 fully saturated rings. The first-order valence-corrected chi connectivity index (χ1v) is 20.0. The SMILES string of the molecule is CCC(C(=O)CC(C(=O)NC([C@@H](C)CC)[C@@H](CC(=O)C1CCCN1[C@H](CO)[C@H](C)C(=O)N[C@@H](Cc1ccccc1)c1ccc[nH]1)OC)C(C)C)C(C)C. The number of nitrogens with zero attached hydrogens (tertiary/aromatic N) is 1. The van der Waals surface area contributed by atoms with Crippen LogP contribution in [-0.4, -0.2) is 82.9 Å². The molecule has 9 atom stereocenters. The maximum atomic E-state index is 14.2. The number of likely N-dealkylation sites (tertiary alicyclic amines) is 1. The van der Waals surface area contributed by atoms with Crippen molar-refractivity contribution in [3.8, 4) is 0 Å². The molecule has 2 aromatic rings. The summed E-state index contributed by atoms with van der Waals surface area (Å²) in [4.78, 5) is 60.4. The van der Waals surface area contributed by atoms with Gasteiger partial charge in [0.05, 0.1) is 36.8 Å². The molecule has 4 N–H and O–H groups in total. The van der Waals surface area contributed by atoms with Gasteiger partial charge in [0.2, 0.25) is 11.8 Å². The molecule has 0 aliphatic carbocycles. The van der Waals surface area contributed by atoms with Gasteiger partial charge < -0.3 is 25.5 Å². The van der Waals surface area contributed by atoms with Crippen molar-refractivity contribution in [1.82, 2.24) is 20.5 Å². The van der Waals surface area contributed by atoms with Gasteiger partial charge in [-0.05, 0) is 67.7 Å². The van der Waals surface area contributed by atoms with Gasteiger partial charge in [-0.2, -0.15) is 0 Å². The summed E-state index contributed by atoms with van der Waals surface area (Å²) < 4.78 is 5.97. The van der Waals surface area contributed by atoms with E-state index in [9.17, 15) is 24.3 Å². The molecule has 2 heterocycles. The second-order valence-corrected chi connectivity index (χ2v) is 16.0. The number of aromatic amines is 1. The summed E-state index contributed by atoms with van der Waals surface area (Å²) in [6.45, 7) is 16.3. The lowest BCUT2D eigenvalue weighted by molar-refractivity contribution is -0.136. The van der Waals surface area contributed by atoms with Gasteiger partial charge in [-0.15, -0.1) is 0 Å². The fourth-order valence-electron chi connectivity index (χ4n) is 8.10. The van der Waals surface area contributed by atoms with Gasteiger partial charge in [-0.25, -0.2) is 0 Å². The fraction of sp³-hybridized carbons (Fsp3) is 0.674. The molecule has 4 unspecified atom stereocenters. The van der Waals surface area contributed by atoms with Crippen LogP contribution in [0.5, 0.6) is 0 Å².